The zero-order valence-corrected chi connectivity index (χ0v) is 24.3. The zero-order valence-electron chi connectivity index (χ0n) is 21.5. The highest BCUT2D eigenvalue weighted by Gasteiger charge is 2.52. The maximum Gasteiger partial charge on any atom is 0.330 e. The Balaban J connectivity index is 2.18. The van der Waals surface area contributed by atoms with Gasteiger partial charge in [0.1, 0.15) is 6.29 Å². The van der Waals surface area contributed by atoms with E-state index in [4.69, 9.17) is 8.85 Å². The van der Waals surface area contributed by atoms with Gasteiger partial charge in [-0.2, -0.15) is 0 Å². The number of hydrogen-bond acceptors (Lipinski definition) is 4. The molecular formula is C26H46O4Si2. The number of methoxy groups -OCH3 is 1. The minimum atomic E-state index is -0.512. The third kappa shape index (κ3) is 6.34. The van der Waals surface area contributed by atoms with Crippen LogP contribution in [0.1, 0.15) is 66.2 Å². The van der Waals surface area contributed by atoms with Crippen molar-refractivity contribution in [2.45, 2.75) is 85.6 Å². The molecule has 0 saturated heterocycles. The van der Waals surface area contributed by atoms with Crippen molar-refractivity contribution < 1.29 is 18.4 Å². The van der Waals surface area contributed by atoms with E-state index in [2.05, 4.69) is 57.7 Å². The second-order valence-corrected chi connectivity index (χ2v) is 12.1. The van der Waals surface area contributed by atoms with Gasteiger partial charge in [-0.1, -0.05) is 77.1 Å². The molecule has 0 amide bonds. The molecule has 182 valence electrons. The van der Waals surface area contributed by atoms with Gasteiger partial charge < -0.3 is 13.6 Å². The van der Waals surface area contributed by atoms with Crippen LogP contribution < -0.4 is 0 Å². The van der Waals surface area contributed by atoms with E-state index in [0.29, 0.717) is 17.8 Å². The number of allylic oxidation sites excluding steroid dienone is 5. The lowest BCUT2D eigenvalue weighted by Crippen LogP contribution is -2.51. The second kappa shape index (κ2) is 12.5. The predicted octanol–water partition coefficient (Wildman–Crippen LogP) is 5.09. The van der Waals surface area contributed by atoms with Crippen molar-refractivity contribution >= 4 is 25.5 Å². The first-order chi connectivity index (χ1) is 15.2. The molecule has 1 unspecified atom stereocenters. The summed E-state index contributed by atoms with van der Waals surface area (Å²) in [5, 5.41) is 0. The van der Waals surface area contributed by atoms with Crippen LogP contribution >= 0.6 is 0 Å². The van der Waals surface area contributed by atoms with E-state index < -0.39 is 19.5 Å². The van der Waals surface area contributed by atoms with Crippen molar-refractivity contribution in [3.05, 3.63) is 36.0 Å². The van der Waals surface area contributed by atoms with Crippen molar-refractivity contribution in [3.8, 4) is 0 Å². The van der Waals surface area contributed by atoms with Crippen LogP contribution in [0.5, 0.6) is 0 Å². The first-order valence-electron chi connectivity index (χ1n) is 12.6. The van der Waals surface area contributed by atoms with Crippen LogP contribution in [0, 0.1) is 28.6 Å². The molecule has 0 N–H and O–H groups in total. The number of esters is 1. The topological polar surface area (TPSA) is 44.8 Å². The summed E-state index contributed by atoms with van der Waals surface area (Å²) in [6.45, 7) is 14.1. The molecule has 32 heavy (non-hydrogen) atoms. The fraction of sp³-hybridized carbons (Fsp3) is 0.731. The number of ether oxygens (including phenoxy) is 1. The molecule has 6 heteroatoms. The fourth-order valence-corrected chi connectivity index (χ4v) is 8.20. The van der Waals surface area contributed by atoms with Gasteiger partial charge >= 0.3 is 5.97 Å². The van der Waals surface area contributed by atoms with Gasteiger partial charge in [-0.25, -0.2) is 4.79 Å². The van der Waals surface area contributed by atoms with Gasteiger partial charge in [0, 0.05) is 11.5 Å². The molecule has 2 rings (SSSR count). The minimum absolute atomic E-state index is 0.0282. The summed E-state index contributed by atoms with van der Waals surface area (Å²) < 4.78 is 17.2. The van der Waals surface area contributed by atoms with Gasteiger partial charge in [-0.3, -0.25) is 0 Å². The third-order valence-electron chi connectivity index (χ3n) is 7.92. The molecule has 2 aliphatic rings. The maximum atomic E-state index is 11.2. The first kappa shape index (κ1) is 27.3. The number of hydrogen-bond donors (Lipinski definition) is 0. The summed E-state index contributed by atoms with van der Waals surface area (Å²) in [7, 11) is 0.377. The van der Waals surface area contributed by atoms with Crippen LogP contribution in [-0.2, 0) is 18.4 Å². The van der Waals surface area contributed by atoms with Gasteiger partial charge in [0.2, 0.25) is 0 Å². The summed E-state index contributed by atoms with van der Waals surface area (Å²) in [5.74, 6) is 1.50. The zero-order chi connectivity index (χ0) is 23.8. The summed E-state index contributed by atoms with van der Waals surface area (Å²) in [6, 6.07) is 0. The molecular weight excluding hydrogens is 432 g/mol. The average Bonchev–Trinajstić information content (AvgIpc) is 2.76. The molecule has 1 saturated carbocycles. The van der Waals surface area contributed by atoms with Crippen LogP contribution in [0.2, 0.25) is 13.1 Å². The maximum absolute atomic E-state index is 11.2. The van der Waals surface area contributed by atoms with Gasteiger partial charge in [-0.05, 0) is 55.3 Å². The highest BCUT2D eigenvalue weighted by molar-refractivity contribution is 6.26. The van der Waals surface area contributed by atoms with Crippen LogP contribution in [0.4, 0.5) is 0 Å². The fourth-order valence-electron chi connectivity index (χ4n) is 6.35. The monoisotopic (exact) mass is 478 g/mol. The first-order valence-corrected chi connectivity index (χ1v) is 16.6. The molecule has 0 radical (unpaired) electrons. The molecule has 1 fully saturated rings. The minimum Gasteiger partial charge on any atom is -0.466 e. The highest BCUT2D eigenvalue weighted by Crippen LogP contribution is 2.59. The van der Waals surface area contributed by atoms with E-state index in [-0.39, 0.29) is 23.1 Å². The largest absolute Gasteiger partial charge is 0.466 e. The predicted molar refractivity (Wildman–Crippen MR) is 139 cm³/mol. The number of rotatable bonds is 11. The van der Waals surface area contributed by atoms with Crippen molar-refractivity contribution in [2.75, 3.05) is 7.11 Å². The second-order valence-electron chi connectivity index (χ2n) is 10.3. The lowest BCUT2D eigenvalue weighted by atomic mass is 9.50. The summed E-state index contributed by atoms with van der Waals surface area (Å²) >= 11 is 0. The third-order valence-corrected chi connectivity index (χ3v) is 9.19. The average molecular weight is 479 g/mol. The van der Waals surface area contributed by atoms with Gasteiger partial charge in [0.25, 0.3) is 0 Å². The summed E-state index contributed by atoms with van der Waals surface area (Å²) in [6.07, 6.45) is 17.2. The van der Waals surface area contributed by atoms with Crippen molar-refractivity contribution in [1.82, 2.24) is 0 Å². The normalized spacial score (nSPS) is 29.2. The van der Waals surface area contributed by atoms with E-state index in [9.17, 15) is 4.79 Å². The van der Waals surface area contributed by atoms with E-state index >= 15 is 0 Å². The molecule has 0 aromatic rings. The Kier molecular flexibility index (Phi) is 10.7. The molecule has 0 spiro atoms. The quantitative estimate of drug-likeness (QED) is 0.104. The molecule has 0 bridgehead atoms. The summed E-state index contributed by atoms with van der Waals surface area (Å²) in [5.41, 5.74) is 1.94. The highest BCUT2D eigenvalue weighted by atomic mass is 28.2. The number of fused-ring (bicyclic) bond motifs is 1. The molecule has 2 aliphatic carbocycles. The van der Waals surface area contributed by atoms with Crippen molar-refractivity contribution in [1.29, 1.82) is 0 Å². The van der Waals surface area contributed by atoms with E-state index in [1.165, 1.54) is 45.3 Å². The van der Waals surface area contributed by atoms with Gasteiger partial charge in [0.05, 0.1) is 7.11 Å². The lowest BCUT2D eigenvalue weighted by Gasteiger charge is -2.56. The summed E-state index contributed by atoms with van der Waals surface area (Å²) in [4.78, 5) is 11.2. The Bertz CT molecular complexity index is 694. The SMILES string of the molecule is COC(=O)C=CC=CCC(C)C1=CCC[C@@H]2[C@@H](C(C)(C)C(O[SiH2]C)O[SiH2]C)CCC[C@@]12C. The Morgan fingerprint density at radius 2 is 1.94 bits per heavy atom. The molecule has 0 aliphatic heterocycles. The number of carbonyl (C=O) groups is 1. The Morgan fingerprint density at radius 1 is 1.25 bits per heavy atom. The molecule has 0 heterocycles. The van der Waals surface area contributed by atoms with Crippen molar-refractivity contribution in [3.63, 3.8) is 0 Å². The molecule has 4 nitrogen and oxygen atoms in total. The molecule has 4 atom stereocenters. The van der Waals surface area contributed by atoms with Crippen LogP contribution in [0.3, 0.4) is 0 Å². The molecule has 0 aromatic heterocycles. The van der Waals surface area contributed by atoms with E-state index in [0.717, 1.165) is 6.42 Å². The van der Waals surface area contributed by atoms with Gasteiger partial charge in [0.15, 0.2) is 19.5 Å². The smallest absolute Gasteiger partial charge is 0.330 e. The van der Waals surface area contributed by atoms with E-state index in [1.54, 1.807) is 11.6 Å². The lowest BCUT2D eigenvalue weighted by molar-refractivity contribution is -0.137. The van der Waals surface area contributed by atoms with Crippen LogP contribution in [0.15, 0.2) is 36.0 Å². The molecule has 0 aromatic carbocycles. The van der Waals surface area contributed by atoms with E-state index in [1.807, 2.05) is 6.08 Å². The van der Waals surface area contributed by atoms with Crippen molar-refractivity contribution in [2.24, 2.45) is 28.6 Å². The Labute approximate surface area is 201 Å². The Morgan fingerprint density at radius 3 is 2.56 bits per heavy atom. The van der Waals surface area contributed by atoms with Crippen LogP contribution in [0.25, 0.3) is 0 Å². The number of carbonyl (C=O) groups excluding carboxylic acids is 1. The van der Waals surface area contributed by atoms with Crippen LogP contribution in [-0.4, -0.2) is 38.9 Å². The van der Waals surface area contributed by atoms with Gasteiger partial charge in [-0.15, -0.1) is 0 Å². The standard InChI is InChI=1S/C26H46O4Si2/c1-19(13-9-8-10-17-23(27)28-5)20-14-11-15-22-21(16-12-18-26(20,22)4)25(2,3)24(29-31-6)30-32-7/h8-10,14,17,19,21-22,24H,11-13,15-16,18,31-32H2,1-7H3/t19?,21-,22+,26-/m0/s1. The Hall–Kier alpha value is -0.956.